The van der Waals surface area contributed by atoms with Gasteiger partial charge >= 0.3 is 6.18 Å². The van der Waals surface area contributed by atoms with E-state index in [4.69, 9.17) is 9.47 Å². The predicted octanol–water partition coefficient (Wildman–Crippen LogP) is 3.85. The summed E-state index contributed by atoms with van der Waals surface area (Å²) in [7, 11) is 1.62. The zero-order valence-corrected chi connectivity index (χ0v) is 13.9. The Morgan fingerprint density at radius 3 is 2.60 bits per heavy atom. The second kappa shape index (κ2) is 7.35. The molecule has 25 heavy (non-hydrogen) atoms. The average Bonchev–Trinajstić information content (AvgIpc) is 2.60. The average molecular weight is 351 g/mol. The van der Waals surface area contributed by atoms with E-state index < -0.39 is 11.7 Å². The van der Waals surface area contributed by atoms with E-state index in [-0.39, 0.29) is 6.04 Å². The highest BCUT2D eigenvalue weighted by molar-refractivity contribution is 5.48. The normalized spacial score (nSPS) is 16.9. The summed E-state index contributed by atoms with van der Waals surface area (Å²) < 4.78 is 48.8. The lowest BCUT2D eigenvalue weighted by atomic mass is 10.0. The molecule has 0 amide bonds. The van der Waals surface area contributed by atoms with Gasteiger partial charge in [-0.25, -0.2) is 0 Å². The molecule has 0 radical (unpaired) electrons. The third-order valence-corrected chi connectivity index (χ3v) is 4.30. The molecule has 0 saturated carbocycles. The number of methoxy groups -OCH3 is 1. The summed E-state index contributed by atoms with van der Waals surface area (Å²) in [6, 6.07) is 11.3. The van der Waals surface area contributed by atoms with Gasteiger partial charge in [-0.2, -0.15) is 13.2 Å². The number of halogens is 3. The lowest BCUT2D eigenvalue weighted by Crippen LogP contribution is -2.40. The third-order valence-electron chi connectivity index (χ3n) is 4.30. The molecule has 1 aliphatic rings. The molecule has 0 fully saturated rings. The van der Waals surface area contributed by atoms with E-state index in [9.17, 15) is 13.2 Å². The van der Waals surface area contributed by atoms with Crippen molar-refractivity contribution in [3.8, 4) is 11.5 Å². The van der Waals surface area contributed by atoms with Gasteiger partial charge < -0.3 is 14.8 Å². The van der Waals surface area contributed by atoms with Crippen molar-refractivity contribution in [3.05, 3.63) is 59.2 Å². The van der Waals surface area contributed by atoms with Gasteiger partial charge in [-0.3, -0.25) is 0 Å². The summed E-state index contributed by atoms with van der Waals surface area (Å²) in [5, 5.41) is 3.41. The molecule has 0 aromatic heterocycles. The number of ether oxygens (including phenoxy) is 2. The zero-order valence-electron chi connectivity index (χ0n) is 13.9. The van der Waals surface area contributed by atoms with Gasteiger partial charge in [0.2, 0.25) is 0 Å². The number of benzene rings is 2. The Morgan fingerprint density at radius 2 is 1.92 bits per heavy atom. The summed E-state index contributed by atoms with van der Waals surface area (Å²) in [5.41, 5.74) is 1.35. The molecular weight excluding hydrogens is 331 g/mol. The summed E-state index contributed by atoms with van der Waals surface area (Å²) >= 11 is 0. The van der Waals surface area contributed by atoms with Crippen molar-refractivity contribution >= 4 is 0 Å². The summed E-state index contributed by atoms with van der Waals surface area (Å²) in [6.07, 6.45) is -2.79. The number of fused-ring (bicyclic) bond motifs is 1. The van der Waals surface area contributed by atoms with Crippen molar-refractivity contribution in [3.63, 3.8) is 0 Å². The van der Waals surface area contributed by atoms with Crippen molar-refractivity contribution in [1.29, 1.82) is 0 Å². The van der Waals surface area contributed by atoms with Gasteiger partial charge in [0, 0.05) is 6.04 Å². The first kappa shape index (κ1) is 17.6. The Balaban J connectivity index is 1.51. The van der Waals surface area contributed by atoms with Crippen LogP contribution in [0.4, 0.5) is 13.2 Å². The first-order valence-electron chi connectivity index (χ1n) is 8.15. The molecule has 2 aromatic carbocycles. The second-order valence-corrected chi connectivity index (χ2v) is 6.06. The number of hydrogen-bond acceptors (Lipinski definition) is 3. The number of hydrogen-bond donors (Lipinski definition) is 1. The fraction of sp³-hybridized carbons (Fsp3) is 0.368. The maximum absolute atomic E-state index is 12.6. The Hall–Kier alpha value is -2.21. The van der Waals surface area contributed by atoms with Crippen molar-refractivity contribution < 1.29 is 22.6 Å². The topological polar surface area (TPSA) is 30.5 Å². The Kier molecular flexibility index (Phi) is 5.18. The van der Waals surface area contributed by atoms with Crippen LogP contribution in [0.1, 0.15) is 16.7 Å². The standard InChI is InChI=1S/C19H20F3NO2/c1-24-17-4-2-3-14-11-16(12-25-18(14)17)23-10-9-13-5-7-15(8-6-13)19(20,21)22/h2-8,16,23H,9-12H2,1H3. The molecule has 134 valence electrons. The Labute approximate surface area is 144 Å². The van der Waals surface area contributed by atoms with Crippen LogP contribution in [0.3, 0.4) is 0 Å². The van der Waals surface area contributed by atoms with Crippen molar-refractivity contribution in [2.24, 2.45) is 0 Å². The van der Waals surface area contributed by atoms with Crippen LogP contribution in [0.25, 0.3) is 0 Å². The number of alkyl halides is 3. The molecule has 0 saturated heterocycles. The first-order chi connectivity index (χ1) is 12.0. The maximum Gasteiger partial charge on any atom is 0.416 e. The van der Waals surface area contributed by atoms with Gasteiger partial charge in [0.25, 0.3) is 0 Å². The van der Waals surface area contributed by atoms with E-state index >= 15 is 0 Å². The van der Waals surface area contributed by atoms with E-state index in [0.717, 1.165) is 41.2 Å². The highest BCUT2D eigenvalue weighted by Crippen LogP contribution is 2.34. The molecule has 0 spiro atoms. The van der Waals surface area contributed by atoms with E-state index in [2.05, 4.69) is 5.32 Å². The fourth-order valence-corrected chi connectivity index (χ4v) is 2.97. The van der Waals surface area contributed by atoms with Crippen LogP contribution < -0.4 is 14.8 Å². The van der Waals surface area contributed by atoms with Crippen molar-refractivity contribution in [2.45, 2.75) is 25.1 Å². The minimum absolute atomic E-state index is 0.175. The lowest BCUT2D eigenvalue weighted by molar-refractivity contribution is -0.137. The largest absolute Gasteiger partial charge is 0.493 e. The van der Waals surface area contributed by atoms with Crippen LogP contribution in [0.2, 0.25) is 0 Å². The predicted molar refractivity (Wildman–Crippen MR) is 89.1 cm³/mol. The van der Waals surface area contributed by atoms with Gasteiger partial charge in [0.1, 0.15) is 6.61 Å². The minimum atomic E-state index is -4.29. The van der Waals surface area contributed by atoms with Gasteiger partial charge in [-0.15, -0.1) is 0 Å². The number of rotatable bonds is 5. The Morgan fingerprint density at radius 1 is 1.16 bits per heavy atom. The van der Waals surface area contributed by atoms with Crippen LogP contribution >= 0.6 is 0 Å². The molecule has 3 nitrogen and oxygen atoms in total. The second-order valence-electron chi connectivity index (χ2n) is 6.06. The third kappa shape index (κ3) is 4.25. The molecule has 2 aromatic rings. The highest BCUT2D eigenvalue weighted by Gasteiger charge is 2.29. The van der Waals surface area contributed by atoms with Crippen molar-refractivity contribution in [1.82, 2.24) is 5.32 Å². The summed E-state index contributed by atoms with van der Waals surface area (Å²) in [4.78, 5) is 0. The molecule has 0 aliphatic carbocycles. The Bertz CT molecular complexity index is 714. The first-order valence-corrected chi connectivity index (χ1v) is 8.15. The SMILES string of the molecule is COc1cccc2c1OCC(NCCc1ccc(C(F)(F)F)cc1)C2. The van der Waals surface area contributed by atoms with Crippen molar-refractivity contribution in [2.75, 3.05) is 20.3 Å². The van der Waals surface area contributed by atoms with E-state index in [0.29, 0.717) is 19.6 Å². The molecule has 3 rings (SSSR count). The lowest BCUT2D eigenvalue weighted by Gasteiger charge is -2.27. The van der Waals surface area contributed by atoms with E-state index in [1.165, 1.54) is 12.1 Å². The van der Waals surface area contributed by atoms with Crippen LogP contribution in [-0.4, -0.2) is 26.3 Å². The zero-order chi connectivity index (χ0) is 17.9. The van der Waals surface area contributed by atoms with Crippen LogP contribution in [0, 0.1) is 0 Å². The van der Waals surface area contributed by atoms with Crippen LogP contribution in [0.5, 0.6) is 11.5 Å². The van der Waals surface area contributed by atoms with E-state index in [1.807, 2.05) is 18.2 Å². The molecule has 1 N–H and O–H groups in total. The molecule has 1 unspecified atom stereocenters. The number of para-hydroxylation sites is 1. The van der Waals surface area contributed by atoms with Gasteiger partial charge in [0.15, 0.2) is 11.5 Å². The molecule has 1 heterocycles. The van der Waals surface area contributed by atoms with Crippen LogP contribution in [0.15, 0.2) is 42.5 Å². The molecular formula is C19H20F3NO2. The monoisotopic (exact) mass is 351 g/mol. The minimum Gasteiger partial charge on any atom is -0.493 e. The molecule has 0 bridgehead atoms. The highest BCUT2D eigenvalue weighted by atomic mass is 19.4. The molecule has 1 atom stereocenters. The van der Waals surface area contributed by atoms with Gasteiger partial charge in [-0.05, 0) is 48.7 Å². The summed E-state index contributed by atoms with van der Waals surface area (Å²) in [6.45, 7) is 1.22. The maximum atomic E-state index is 12.6. The smallest absolute Gasteiger partial charge is 0.416 e. The van der Waals surface area contributed by atoms with E-state index in [1.54, 1.807) is 7.11 Å². The van der Waals surface area contributed by atoms with Crippen LogP contribution in [-0.2, 0) is 19.0 Å². The van der Waals surface area contributed by atoms with Gasteiger partial charge in [0.05, 0.1) is 12.7 Å². The molecule has 6 heteroatoms. The quantitative estimate of drug-likeness (QED) is 0.888. The summed E-state index contributed by atoms with van der Waals surface area (Å²) in [5.74, 6) is 1.53. The number of nitrogens with one attached hydrogen (secondary N) is 1. The molecule has 1 aliphatic heterocycles. The fourth-order valence-electron chi connectivity index (χ4n) is 2.97. The van der Waals surface area contributed by atoms with Gasteiger partial charge in [-0.1, -0.05) is 24.3 Å².